The van der Waals surface area contributed by atoms with Crippen molar-refractivity contribution >= 4 is 5.78 Å². The van der Waals surface area contributed by atoms with Gasteiger partial charge in [-0.1, -0.05) is 20.8 Å². The van der Waals surface area contributed by atoms with Crippen LogP contribution in [0.25, 0.3) is 0 Å². The Kier molecular flexibility index (Phi) is 8.58. The van der Waals surface area contributed by atoms with E-state index in [2.05, 4.69) is 6.92 Å². The van der Waals surface area contributed by atoms with Crippen LogP contribution in [0.1, 0.15) is 59.8 Å². The molecule has 0 spiro atoms. The smallest absolute Gasteiger partial charge is 0.138 e. The minimum atomic E-state index is -0.332. The Balaban J connectivity index is 2.55. The third-order valence-electron chi connectivity index (χ3n) is 4.94. The molecule has 4 heteroatoms. The first-order valence-corrected chi connectivity index (χ1v) is 8.74. The van der Waals surface area contributed by atoms with Gasteiger partial charge in [0.2, 0.25) is 0 Å². The van der Waals surface area contributed by atoms with Gasteiger partial charge >= 0.3 is 0 Å². The van der Waals surface area contributed by atoms with Crippen molar-refractivity contribution in [2.45, 2.75) is 78.1 Å². The number of aliphatic hydroxyl groups excluding tert-OH is 1. The van der Waals surface area contributed by atoms with Crippen LogP contribution in [0.3, 0.4) is 0 Å². The highest BCUT2D eigenvalue weighted by Gasteiger charge is 2.32. The molecule has 1 aliphatic carbocycles. The van der Waals surface area contributed by atoms with E-state index in [1.54, 1.807) is 7.11 Å². The Morgan fingerprint density at radius 1 is 1.27 bits per heavy atom. The van der Waals surface area contributed by atoms with Crippen LogP contribution in [0, 0.1) is 17.8 Å². The van der Waals surface area contributed by atoms with Gasteiger partial charge in [-0.3, -0.25) is 4.79 Å². The first-order chi connectivity index (χ1) is 10.4. The Hall–Kier alpha value is -0.450. The lowest BCUT2D eigenvalue weighted by Gasteiger charge is -2.35. The molecule has 0 amide bonds. The maximum atomic E-state index is 12.0. The molecular weight excluding hydrogens is 280 g/mol. The molecule has 0 aromatic heterocycles. The van der Waals surface area contributed by atoms with Crippen molar-refractivity contribution in [2.24, 2.45) is 17.8 Å². The number of ketones is 1. The van der Waals surface area contributed by atoms with Crippen LogP contribution >= 0.6 is 0 Å². The number of carbonyl (C=O) groups is 1. The predicted octanol–water partition coefficient (Wildman–Crippen LogP) is 3.21. The molecule has 0 aromatic rings. The molecule has 130 valence electrons. The molecule has 1 rings (SSSR count). The van der Waals surface area contributed by atoms with Gasteiger partial charge in [0.15, 0.2) is 0 Å². The van der Waals surface area contributed by atoms with Crippen LogP contribution in [0.15, 0.2) is 0 Å². The summed E-state index contributed by atoms with van der Waals surface area (Å²) in [7, 11) is 1.67. The van der Waals surface area contributed by atoms with Crippen LogP contribution in [-0.2, 0) is 14.3 Å². The summed E-state index contributed by atoms with van der Waals surface area (Å²) >= 11 is 0. The standard InChI is InChI=1S/C18H34O4/c1-6-22-17(11-16(20)12(2)3)13(4)9-14-7-8-15(19)18(10-14)21-5/h12-15,17-19H,6-11H2,1-5H3. The van der Waals surface area contributed by atoms with Crippen molar-refractivity contribution in [3.8, 4) is 0 Å². The lowest BCUT2D eigenvalue weighted by atomic mass is 9.78. The molecule has 1 fully saturated rings. The first-order valence-electron chi connectivity index (χ1n) is 8.74. The summed E-state index contributed by atoms with van der Waals surface area (Å²) in [5.41, 5.74) is 0. The van der Waals surface area contributed by atoms with Crippen LogP contribution in [0.5, 0.6) is 0 Å². The third-order valence-corrected chi connectivity index (χ3v) is 4.94. The zero-order valence-electron chi connectivity index (χ0n) is 14.9. The van der Waals surface area contributed by atoms with Gasteiger partial charge in [-0.25, -0.2) is 0 Å². The van der Waals surface area contributed by atoms with Crippen molar-refractivity contribution in [1.82, 2.24) is 0 Å². The van der Waals surface area contributed by atoms with E-state index < -0.39 is 0 Å². The van der Waals surface area contributed by atoms with Gasteiger partial charge in [-0.2, -0.15) is 0 Å². The average Bonchev–Trinajstić information content (AvgIpc) is 2.48. The normalized spacial score (nSPS) is 28.6. The lowest BCUT2D eigenvalue weighted by Crippen LogP contribution is -2.37. The molecule has 0 radical (unpaired) electrons. The Bertz CT molecular complexity index is 329. The van der Waals surface area contributed by atoms with E-state index in [0.29, 0.717) is 24.9 Å². The maximum absolute atomic E-state index is 12.0. The van der Waals surface area contributed by atoms with E-state index in [4.69, 9.17) is 9.47 Å². The van der Waals surface area contributed by atoms with Gasteiger partial charge in [-0.15, -0.1) is 0 Å². The fraction of sp³-hybridized carbons (Fsp3) is 0.944. The van der Waals surface area contributed by atoms with Crippen molar-refractivity contribution in [3.05, 3.63) is 0 Å². The number of ether oxygens (including phenoxy) is 2. The molecule has 5 unspecified atom stereocenters. The van der Waals surface area contributed by atoms with Crippen molar-refractivity contribution in [1.29, 1.82) is 0 Å². The van der Waals surface area contributed by atoms with Gasteiger partial charge in [0.1, 0.15) is 5.78 Å². The van der Waals surface area contributed by atoms with E-state index in [-0.39, 0.29) is 30.0 Å². The molecule has 5 atom stereocenters. The third kappa shape index (κ3) is 5.98. The van der Waals surface area contributed by atoms with Crippen molar-refractivity contribution in [3.63, 3.8) is 0 Å². The zero-order chi connectivity index (χ0) is 16.7. The molecule has 0 bridgehead atoms. The largest absolute Gasteiger partial charge is 0.390 e. The van der Waals surface area contributed by atoms with Crippen LogP contribution < -0.4 is 0 Å². The predicted molar refractivity (Wildman–Crippen MR) is 87.8 cm³/mol. The van der Waals surface area contributed by atoms with Gasteiger partial charge in [-0.05, 0) is 44.4 Å². The highest BCUT2D eigenvalue weighted by molar-refractivity contribution is 5.80. The molecule has 1 saturated carbocycles. The highest BCUT2D eigenvalue weighted by atomic mass is 16.5. The van der Waals surface area contributed by atoms with E-state index >= 15 is 0 Å². The number of rotatable bonds is 9. The molecular formula is C18H34O4. The lowest BCUT2D eigenvalue weighted by molar-refractivity contribution is -0.126. The summed E-state index contributed by atoms with van der Waals surface area (Å²) in [6.07, 6.45) is 3.91. The summed E-state index contributed by atoms with van der Waals surface area (Å²) in [4.78, 5) is 12.0. The second-order valence-electron chi connectivity index (χ2n) is 7.05. The summed E-state index contributed by atoms with van der Waals surface area (Å²) in [6.45, 7) is 8.70. The minimum absolute atomic E-state index is 0.00717. The van der Waals surface area contributed by atoms with Gasteiger partial charge in [0.05, 0.1) is 18.3 Å². The van der Waals surface area contributed by atoms with Gasteiger partial charge in [0.25, 0.3) is 0 Å². The van der Waals surface area contributed by atoms with Crippen LogP contribution in [0.2, 0.25) is 0 Å². The van der Waals surface area contributed by atoms with E-state index in [0.717, 1.165) is 25.7 Å². The molecule has 0 saturated heterocycles. The maximum Gasteiger partial charge on any atom is 0.138 e. The minimum Gasteiger partial charge on any atom is -0.390 e. The second-order valence-corrected chi connectivity index (χ2v) is 7.05. The SMILES string of the molecule is CCOC(CC(=O)C(C)C)C(C)CC1CCC(O)C(OC)C1. The molecule has 0 aliphatic heterocycles. The monoisotopic (exact) mass is 314 g/mol. The van der Waals surface area contributed by atoms with Gasteiger partial charge < -0.3 is 14.6 Å². The average molecular weight is 314 g/mol. The topological polar surface area (TPSA) is 55.8 Å². The Morgan fingerprint density at radius 3 is 2.50 bits per heavy atom. The van der Waals surface area contributed by atoms with Crippen LogP contribution in [0.4, 0.5) is 0 Å². The summed E-state index contributed by atoms with van der Waals surface area (Å²) < 4.78 is 11.2. The molecule has 1 aliphatic rings. The van der Waals surface area contributed by atoms with E-state index in [9.17, 15) is 9.90 Å². The number of carbonyl (C=O) groups excluding carboxylic acids is 1. The number of methoxy groups -OCH3 is 1. The Morgan fingerprint density at radius 2 is 1.95 bits per heavy atom. The Labute approximate surface area is 135 Å². The highest BCUT2D eigenvalue weighted by Crippen LogP contribution is 2.33. The number of hydrogen-bond donors (Lipinski definition) is 1. The summed E-state index contributed by atoms with van der Waals surface area (Å²) in [5.74, 6) is 1.23. The number of hydrogen-bond acceptors (Lipinski definition) is 4. The fourth-order valence-corrected chi connectivity index (χ4v) is 3.41. The second kappa shape index (κ2) is 9.64. The number of aliphatic hydroxyl groups is 1. The molecule has 0 aromatic carbocycles. The van der Waals surface area contributed by atoms with E-state index in [1.165, 1.54) is 0 Å². The van der Waals surface area contributed by atoms with Crippen molar-refractivity contribution < 1.29 is 19.4 Å². The fourth-order valence-electron chi connectivity index (χ4n) is 3.41. The quantitative estimate of drug-likeness (QED) is 0.710. The van der Waals surface area contributed by atoms with Crippen LogP contribution in [-0.4, -0.2) is 42.9 Å². The van der Waals surface area contributed by atoms with Gasteiger partial charge in [0, 0.05) is 26.1 Å². The first kappa shape index (κ1) is 19.6. The zero-order valence-corrected chi connectivity index (χ0v) is 14.9. The number of Topliss-reactive ketones (excluding diaryl/α,β-unsaturated/α-hetero) is 1. The molecule has 1 N–H and O–H groups in total. The molecule has 0 heterocycles. The van der Waals surface area contributed by atoms with E-state index in [1.807, 2.05) is 20.8 Å². The summed E-state index contributed by atoms with van der Waals surface area (Å²) in [6, 6.07) is 0. The summed E-state index contributed by atoms with van der Waals surface area (Å²) in [5, 5.41) is 9.90. The molecule has 4 nitrogen and oxygen atoms in total. The molecule has 22 heavy (non-hydrogen) atoms. The van der Waals surface area contributed by atoms with Crippen molar-refractivity contribution in [2.75, 3.05) is 13.7 Å².